The van der Waals surface area contributed by atoms with Crippen molar-refractivity contribution in [1.29, 1.82) is 0 Å². The standard InChI is InChI=1S/C31H37ClN4O7S/c1-20-8-11-23(12-9-20)18-34(22(3)30(38)33-31(4,5)6)29(37)19-35(27-16-24(32)13-15-28(27)43-7)44(41,42)25-14-10-21(2)26(17-25)36(39)40/h8-17,22H,18-19H2,1-7H3,(H,33,38)/t22-/m0/s1. The second kappa shape index (κ2) is 13.6. The third-order valence-corrected chi connectivity index (χ3v) is 8.78. The van der Waals surface area contributed by atoms with Crippen molar-refractivity contribution in [1.82, 2.24) is 10.2 Å². The molecule has 0 unspecified atom stereocenters. The summed E-state index contributed by atoms with van der Waals surface area (Å²) in [5.74, 6) is -1.03. The second-order valence-corrected chi connectivity index (χ2v) is 13.8. The number of halogens is 1. The highest BCUT2D eigenvalue weighted by atomic mass is 35.5. The number of anilines is 1. The summed E-state index contributed by atoms with van der Waals surface area (Å²) in [7, 11) is -3.28. The third-order valence-electron chi connectivity index (χ3n) is 6.79. The number of carbonyl (C=O) groups is 2. The first kappa shape index (κ1) is 34.3. The molecule has 0 aliphatic rings. The van der Waals surface area contributed by atoms with Gasteiger partial charge in [-0.05, 0) is 71.4 Å². The Kier molecular flexibility index (Phi) is 10.6. The Balaban J connectivity index is 2.16. The van der Waals surface area contributed by atoms with Crippen LogP contribution in [-0.2, 0) is 26.2 Å². The van der Waals surface area contributed by atoms with Gasteiger partial charge >= 0.3 is 0 Å². The van der Waals surface area contributed by atoms with Crippen LogP contribution in [0, 0.1) is 24.0 Å². The van der Waals surface area contributed by atoms with Crippen LogP contribution < -0.4 is 14.4 Å². The Hall–Kier alpha value is -4.16. The lowest BCUT2D eigenvalue weighted by molar-refractivity contribution is -0.385. The molecule has 236 valence electrons. The summed E-state index contributed by atoms with van der Waals surface area (Å²) >= 11 is 6.26. The summed E-state index contributed by atoms with van der Waals surface area (Å²) in [4.78, 5) is 39.3. The van der Waals surface area contributed by atoms with Crippen LogP contribution in [0.2, 0.25) is 5.02 Å². The topological polar surface area (TPSA) is 139 Å². The molecule has 0 bridgehead atoms. The van der Waals surface area contributed by atoms with Crippen molar-refractivity contribution < 1.29 is 27.7 Å². The van der Waals surface area contributed by atoms with Crippen LogP contribution in [0.5, 0.6) is 5.75 Å². The molecule has 0 aliphatic heterocycles. The number of hydrogen-bond acceptors (Lipinski definition) is 7. The molecule has 0 aromatic heterocycles. The highest BCUT2D eigenvalue weighted by Crippen LogP contribution is 2.36. The number of nitrogens with one attached hydrogen (secondary N) is 1. The molecule has 0 saturated carbocycles. The summed E-state index contributed by atoms with van der Waals surface area (Å²) in [5.41, 5.74) is 0.946. The lowest BCUT2D eigenvalue weighted by Gasteiger charge is -2.33. The maximum absolute atomic E-state index is 14.2. The van der Waals surface area contributed by atoms with Gasteiger partial charge in [0.1, 0.15) is 18.3 Å². The van der Waals surface area contributed by atoms with Gasteiger partial charge in [-0.2, -0.15) is 0 Å². The number of nitrogens with zero attached hydrogens (tertiary/aromatic N) is 3. The van der Waals surface area contributed by atoms with Gasteiger partial charge in [-0.1, -0.05) is 47.5 Å². The minimum absolute atomic E-state index is 0.00835. The van der Waals surface area contributed by atoms with Gasteiger partial charge in [-0.25, -0.2) is 8.42 Å². The molecule has 13 heteroatoms. The van der Waals surface area contributed by atoms with E-state index < -0.39 is 55.5 Å². The van der Waals surface area contributed by atoms with Gasteiger partial charge in [0.05, 0.1) is 22.6 Å². The third kappa shape index (κ3) is 8.26. The first-order valence-electron chi connectivity index (χ1n) is 13.7. The van der Waals surface area contributed by atoms with Gasteiger partial charge in [0.25, 0.3) is 15.7 Å². The SMILES string of the molecule is COc1ccc(Cl)cc1N(CC(=O)N(Cc1ccc(C)cc1)[C@@H](C)C(=O)NC(C)(C)C)S(=O)(=O)c1ccc(C)c([N+](=O)[O-])c1. The van der Waals surface area contributed by atoms with Crippen molar-refractivity contribution in [3.05, 3.63) is 92.5 Å². The van der Waals surface area contributed by atoms with Crippen molar-refractivity contribution in [2.45, 2.75) is 64.6 Å². The molecule has 44 heavy (non-hydrogen) atoms. The Morgan fingerprint density at radius 3 is 2.25 bits per heavy atom. The number of carbonyl (C=O) groups excluding carboxylic acids is 2. The Morgan fingerprint density at radius 2 is 1.68 bits per heavy atom. The van der Waals surface area contributed by atoms with E-state index in [1.807, 2.05) is 52.0 Å². The van der Waals surface area contributed by atoms with E-state index in [0.29, 0.717) is 0 Å². The van der Waals surface area contributed by atoms with Crippen LogP contribution in [0.25, 0.3) is 0 Å². The van der Waals surface area contributed by atoms with Crippen molar-refractivity contribution in [2.24, 2.45) is 0 Å². The molecule has 1 atom stereocenters. The average Bonchev–Trinajstić information content (AvgIpc) is 2.94. The van der Waals surface area contributed by atoms with Crippen LogP contribution in [0.3, 0.4) is 0 Å². The number of aryl methyl sites for hydroxylation is 2. The van der Waals surface area contributed by atoms with E-state index >= 15 is 0 Å². The fourth-order valence-corrected chi connectivity index (χ4v) is 6.00. The Labute approximate surface area is 263 Å². The van der Waals surface area contributed by atoms with Gasteiger partial charge in [-0.3, -0.25) is 24.0 Å². The number of benzene rings is 3. The molecule has 2 amide bonds. The molecule has 0 fully saturated rings. The summed E-state index contributed by atoms with van der Waals surface area (Å²) < 4.78 is 34.6. The number of amides is 2. The normalized spacial score (nSPS) is 12.3. The molecule has 0 aliphatic carbocycles. The number of ether oxygens (including phenoxy) is 1. The molecule has 11 nitrogen and oxygen atoms in total. The maximum Gasteiger partial charge on any atom is 0.273 e. The molecule has 3 rings (SSSR count). The highest BCUT2D eigenvalue weighted by Gasteiger charge is 2.35. The number of hydrogen-bond donors (Lipinski definition) is 1. The zero-order valence-corrected chi connectivity index (χ0v) is 27.3. The summed E-state index contributed by atoms with van der Waals surface area (Å²) in [6, 6.07) is 14.2. The van der Waals surface area contributed by atoms with Crippen molar-refractivity contribution in [2.75, 3.05) is 18.0 Å². The summed E-state index contributed by atoms with van der Waals surface area (Å²) in [6.07, 6.45) is 0. The minimum atomic E-state index is -4.62. The fraction of sp³-hybridized carbons (Fsp3) is 0.355. The van der Waals surface area contributed by atoms with Gasteiger partial charge in [0.2, 0.25) is 11.8 Å². The van der Waals surface area contributed by atoms with Gasteiger partial charge in [0, 0.05) is 28.7 Å². The van der Waals surface area contributed by atoms with E-state index in [4.69, 9.17) is 16.3 Å². The second-order valence-electron chi connectivity index (χ2n) is 11.5. The quantitative estimate of drug-likeness (QED) is 0.218. The van der Waals surface area contributed by atoms with Crippen LogP contribution in [0.15, 0.2) is 65.6 Å². The molecule has 3 aromatic rings. The predicted molar refractivity (Wildman–Crippen MR) is 169 cm³/mol. The molecule has 3 aromatic carbocycles. The highest BCUT2D eigenvalue weighted by molar-refractivity contribution is 7.92. The van der Waals surface area contributed by atoms with Crippen molar-refractivity contribution in [3.63, 3.8) is 0 Å². The number of methoxy groups -OCH3 is 1. The molecule has 0 radical (unpaired) electrons. The molecule has 0 saturated heterocycles. The summed E-state index contributed by atoms with van der Waals surface area (Å²) in [6.45, 7) is 9.65. The maximum atomic E-state index is 14.2. The van der Waals surface area contributed by atoms with Crippen LogP contribution >= 0.6 is 11.6 Å². The van der Waals surface area contributed by atoms with Gasteiger partial charge in [-0.15, -0.1) is 0 Å². The molecule has 0 heterocycles. The molecular formula is C31H37ClN4O7S. The first-order valence-corrected chi connectivity index (χ1v) is 15.5. The summed E-state index contributed by atoms with van der Waals surface area (Å²) in [5, 5.41) is 14.7. The monoisotopic (exact) mass is 644 g/mol. The molecule has 1 N–H and O–H groups in total. The van der Waals surface area contributed by atoms with E-state index in [1.165, 1.54) is 49.3 Å². The lowest BCUT2D eigenvalue weighted by atomic mass is 10.1. The molecule has 0 spiro atoms. The van der Waals surface area contributed by atoms with Crippen molar-refractivity contribution >= 4 is 44.8 Å². The Bertz CT molecular complexity index is 1650. The zero-order chi connectivity index (χ0) is 33.0. The van der Waals surface area contributed by atoms with E-state index in [9.17, 15) is 28.1 Å². The van der Waals surface area contributed by atoms with Gasteiger partial charge < -0.3 is 15.0 Å². The van der Waals surface area contributed by atoms with Crippen LogP contribution in [0.1, 0.15) is 44.4 Å². The zero-order valence-electron chi connectivity index (χ0n) is 25.8. The lowest BCUT2D eigenvalue weighted by Crippen LogP contribution is -2.54. The smallest absolute Gasteiger partial charge is 0.273 e. The van der Waals surface area contributed by atoms with Crippen molar-refractivity contribution in [3.8, 4) is 5.75 Å². The number of sulfonamides is 1. The van der Waals surface area contributed by atoms with E-state index in [2.05, 4.69) is 5.32 Å². The van der Waals surface area contributed by atoms with Gasteiger partial charge in [0.15, 0.2) is 0 Å². The van der Waals surface area contributed by atoms with E-state index in [0.717, 1.165) is 21.5 Å². The Morgan fingerprint density at radius 1 is 1.05 bits per heavy atom. The van der Waals surface area contributed by atoms with Crippen LogP contribution in [0.4, 0.5) is 11.4 Å². The predicted octanol–water partition coefficient (Wildman–Crippen LogP) is 5.40. The number of nitro benzene ring substituents is 1. The number of nitro groups is 1. The fourth-order valence-electron chi connectivity index (χ4n) is 4.39. The van der Waals surface area contributed by atoms with E-state index in [-0.39, 0.29) is 28.6 Å². The molecular weight excluding hydrogens is 608 g/mol. The largest absolute Gasteiger partial charge is 0.495 e. The van der Waals surface area contributed by atoms with Crippen LogP contribution in [-0.4, -0.2) is 55.3 Å². The average molecular weight is 645 g/mol. The number of rotatable bonds is 11. The minimum Gasteiger partial charge on any atom is -0.495 e. The first-order chi connectivity index (χ1) is 20.4. The van der Waals surface area contributed by atoms with E-state index in [1.54, 1.807) is 6.92 Å².